The Bertz CT molecular complexity index is 195. The van der Waals surface area contributed by atoms with Gasteiger partial charge in [0.25, 0.3) is 0 Å². The van der Waals surface area contributed by atoms with Crippen molar-refractivity contribution in [1.29, 1.82) is 0 Å². The molecule has 68 valence electrons. The summed E-state index contributed by atoms with van der Waals surface area (Å²) in [5.41, 5.74) is 1.26. The van der Waals surface area contributed by atoms with Crippen LogP contribution < -0.4 is 5.32 Å². The minimum Gasteiger partial charge on any atom is -0.464 e. The number of allylic oxidation sites excluding steroid dienone is 1. The number of hydrogen-bond acceptors (Lipinski definition) is 3. The largest absolute Gasteiger partial charge is 0.464 e. The van der Waals surface area contributed by atoms with E-state index in [4.69, 9.17) is 4.74 Å². The zero-order chi connectivity index (χ0) is 8.97. The predicted molar refractivity (Wildman–Crippen MR) is 46.8 cm³/mol. The molecule has 1 rings (SSSR count). The van der Waals surface area contributed by atoms with Crippen LogP contribution in [0.15, 0.2) is 11.6 Å². The molecule has 1 atom stereocenters. The van der Waals surface area contributed by atoms with Crippen molar-refractivity contribution in [2.24, 2.45) is 0 Å². The van der Waals surface area contributed by atoms with Crippen LogP contribution in [0.2, 0.25) is 0 Å². The lowest BCUT2D eigenvalue weighted by Gasteiger charge is -2.05. The van der Waals surface area contributed by atoms with E-state index in [0.29, 0.717) is 6.61 Å². The second-order valence-corrected chi connectivity index (χ2v) is 3.20. The van der Waals surface area contributed by atoms with Gasteiger partial charge in [-0.25, -0.2) is 0 Å². The Morgan fingerprint density at radius 2 is 2.50 bits per heavy atom. The number of hydrogen-bond donors (Lipinski definition) is 1. The van der Waals surface area contributed by atoms with Gasteiger partial charge in [0.2, 0.25) is 0 Å². The molecule has 1 fully saturated rings. The summed E-state index contributed by atoms with van der Waals surface area (Å²) in [4.78, 5) is 10.9. The summed E-state index contributed by atoms with van der Waals surface area (Å²) in [5.74, 6) is -0.114. The van der Waals surface area contributed by atoms with E-state index in [1.807, 2.05) is 13.8 Å². The number of carbonyl (C=O) groups excluding carboxylic acids is 1. The van der Waals surface area contributed by atoms with Gasteiger partial charge >= 0.3 is 5.97 Å². The van der Waals surface area contributed by atoms with Crippen molar-refractivity contribution in [3.63, 3.8) is 0 Å². The highest BCUT2D eigenvalue weighted by Crippen LogP contribution is 2.04. The van der Waals surface area contributed by atoms with Crippen molar-refractivity contribution in [2.75, 3.05) is 13.2 Å². The predicted octanol–water partition coefficient (Wildman–Crippen LogP) is 0.858. The van der Waals surface area contributed by atoms with Crippen LogP contribution in [0.3, 0.4) is 0 Å². The molecule has 0 saturated carbocycles. The summed E-state index contributed by atoms with van der Waals surface area (Å²) in [5, 5.41) is 3.11. The molecule has 1 aliphatic rings. The minimum atomic E-state index is -0.114. The number of cyclic esters (lactones) is 1. The van der Waals surface area contributed by atoms with Crippen LogP contribution in [0.4, 0.5) is 0 Å². The summed E-state index contributed by atoms with van der Waals surface area (Å²) in [7, 11) is 0. The first kappa shape index (κ1) is 9.26. The van der Waals surface area contributed by atoms with Crippen LogP contribution in [0, 0.1) is 0 Å². The molecule has 0 unspecified atom stereocenters. The molecular weight excluding hydrogens is 154 g/mol. The highest BCUT2D eigenvalue weighted by Gasteiger charge is 2.24. The molecule has 12 heavy (non-hydrogen) atoms. The molecule has 0 aromatic heterocycles. The number of rotatable bonds is 3. The van der Waals surface area contributed by atoms with Crippen molar-refractivity contribution in [1.82, 2.24) is 5.32 Å². The van der Waals surface area contributed by atoms with E-state index < -0.39 is 0 Å². The van der Waals surface area contributed by atoms with Gasteiger partial charge in [-0.3, -0.25) is 4.79 Å². The lowest BCUT2D eigenvalue weighted by molar-refractivity contribution is -0.139. The van der Waals surface area contributed by atoms with Crippen LogP contribution in [0.25, 0.3) is 0 Å². The van der Waals surface area contributed by atoms with Crippen LogP contribution >= 0.6 is 0 Å². The summed E-state index contributed by atoms with van der Waals surface area (Å²) < 4.78 is 4.80. The van der Waals surface area contributed by atoms with Gasteiger partial charge in [-0.2, -0.15) is 0 Å². The molecular formula is C9H15NO2. The van der Waals surface area contributed by atoms with Gasteiger partial charge < -0.3 is 10.1 Å². The average molecular weight is 169 g/mol. The number of carbonyl (C=O) groups is 1. The fourth-order valence-corrected chi connectivity index (χ4v) is 1.09. The molecule has 1 heterocycles. The van der Waals surface area contributed by atoms with E-state index in [2.05, 4.69) is 11.4 Å². The van der Waals surface area contributed by atoms with Gasteiger partial charge in [-0.15, -0.1) is 0 Å². The lowest BCUT2D eigenvalue weighted by Crippen LogP contribution is -2.33. The summed E-state index contributed by atoms with van der Waals surface area (Å²) in [6.45, 7) is 5.39. The highest BCUT2D eigenvalue weighted by molar-refractivity contribution is 5.77. The normalized spacial score (nSPS) is 22.2. The van der Waals surface area contributed by atoms with Gasteiger partial charge in [0, 0.05) is 13.0 Å². The maximum absolute atomic E-state index is 10.9. The third-order valence-corrected chi connectivity index (χ3v) is 1.81. The van der Waals surface area contributed by atoms with Crippen molar-refractivity contribution in [2.45, 2.75) is 26.3 Å². The zero-order valence-corrected chi connectivity index (χ0v) is 7.59. The van der Waals surface area contributed by atoms with Gasteiger partial charge in [0.05, 0.1) is 6.61 Å². The standard InChI is InChI=1S/C9H15NO2/c1-7(2)3-5-10-8-4-6-12-9(8)11/h3,8,10H,4-6H2,1-2H3/t8-/m0/s1. The minimum absolute atomic E-state index is 0.0828. The number of esters is 1. The smallest absolute Gasteiger partial charge is 0.323 e. The molecule has 3 nitrogen and oxygen atoms in total. The van der Waals surface area contributed by atoms with Gasteiger partial charge in [-0.05, 0) is 13.8 Å². The molecule has 1 aliphatic heterocycles. The number of ether oxygens (including phenoxy) is 1. The van der Waals surface area contributed by atoms with Crippen LogP contribution in [-0.4, -0.2) is 25.2 Å². The molecule has 0 aromatic rings. The van der Waals surface area contributed by atoms with Crippen LogP contribution in [0.1, 0.15) is 20.3 Å². The van der Waals surface area contributed by atoms with E-state index in [9.17, 15) is 4.79 Å². The average Bonchev–Trinajstić information content (AvgIpc) is 2.36. The Morgan fingerprint density at radius 1 is 1.75 bits per heavy atom. The highest BCUT2D eigenvalue weighted by atomic mass is 16.5. The summed E-state index contributed by atoms with van der Waals surface area (Å²) in [6, 6.07) is -0.0828. The van der Waals surface area contributed by atoms with Gasteiger partial charge in [0.1, 0.15) is 6.04 Å². The summed E-state index contributed by atoms with van der Waals surface area (Å²) >= 11 is 0. The molecule has 0 aromatic carbocycles. The van der Waals surface area contributed by atoms with Crippen molar-refractivity contribution in [3.05, 3.63) is 11.6 Å². The van der Waals surface area contributed by atoms with E-state index in [0.717, 1.165) is 13.0 Å². The molecule has 0 amide bonds. The molecule has 0 bridgehead atoms. The van der Waals surface area contributed by atoms with Crippen LogP contribution in [0.5, 0.6) is 0 Å². The molecule has 0 aliphatic carbocycles. The molecule has 1 N–H and O–H groups in total. The third kappa shape index (κ3) is 2.66. The first-order chi connectivity index (χ1) is 5.70. The Labute approximate surface area is 72.8 Å². The second-order valence-electron chi connectivity index (χ2n) is 3.20. The first-order valence-corrected chi connectivity index (χ1v) is 4.23. The molecule has 3 heteroatoms. The van der Waals surface area contributed by atoms with Crippen LogP contribution in [-0.2, 0) is 9.53 Å². The fraction of sp³-hybridized carbons (Fsp3) is 0.667. The molecule has 1 saturated heterocycles. The van der Waals surface area contributed by atoms with Crippen molar-refractivity contribution in [3.8, 4) is 0 Å². The van der Waals surface area contributed by atoms with Crippen molar-refractivity contribution < 1.29 is 9.53 Å². The monoisotopic (exact) mass is 169 g/mol. The Kier molecular flexibility index (Phi) is 3.29. The fourth-order valence-electron chi connectivity index (χ4n) is 1.09. The Hall–Kier alpha value is -0.830. The quantitative estimate of drug-likeness (QED) is 0.503. The maximum Gasteiger partial charge on any atom is 0.323 e. The van der Waals surface area contributed by atoms with E-state index in [1.165, 1.54) is 5.57 Å². The topological polar surface area (TPSA) is 38.3 Å². The van der Waals surface area contributed by atoms with E-state index in [1.54, 1.807) is 0 Å². The zero-order valence-electron chi connectivity index (χ0n) is 7.59. The Balaban J connectivity index is 2.23. The lowest BCUT2D eigenvalue weighted by atomic mass is 10.2. The summed E-state index contributed by atoms with van der Waals surface area (Å²) in [6.07, 6.45) is 2.86. The maximum atomic E-state index is 10.9. The van der Waals surface area contributed by atoms with E-state index >= 15 is 0 Å². The molecule has 0 radical (unpaired) electrons. The third-order valence-electron chi connectivity index (χ3n) is 1.81. The first-order valence-electron chi connectivity index (χ1n) is 4.23. The Morgan fingerprint density at radius 3 is 3.00 bits per heavy atom. The SMILES string of the molecule is CC(C)=CCN[C@H]1CCOC1=O. The van der Waals surface area contributed by atoms with E-state index in [-0.39, 0.29) is 12.0 Å². The van der Waals surface area contributed by atoms with Gasteiger partial charge in [0.15, 0.2) is 0 Å². The molecule has 0 spiro atoms. The van der Waals surface area contributed by atoms with Crippen molar-refractivity contribution >= 4 is 5.97 Å². The second kappa shape index (κ2) is 4.26. The number of nitrogens with one attached hydrogen (secondary N) is 1. The van der Waals surface area contributed by atoms with Gasteiger partial charge in [-0.1, -0.05) is 11.6 Å².